The van der Waals surface area contributed by atoms with Gasteiger partial charge in [0, 0.05) is 3.57 Å². The van der Waals surface area contributed by atoms with Crippen molar-refractivity contribution in [3.63, 3.8) is 0 Å². The third kappa shape index (κ3) is 3.75. The van der Waals surface area contributed by atoms with Crippen molar-refractivity contribution >= 4 is 22.6 Å². The van der Waals surface area contributed by atoms with E-state index in [4.69, 9.17) is 5.84 Å². The second kappa shape index (κ2) is 6.45. The Labute approximate surface area is 126 Å². The van der Waals surface area contributed by atoms with Gasteiger partial charge in [0.1, 0.15) is 5.82 Å². The average Bonchev–Trinajstić information content (AvgIpc) is 2.41. The fourth-order valence-electron chi connectivity index (χ4n) is 1.96. The van der Waals surface area contributed by atoms with Crippen LogP contribution in [0.4, 0.5) is 4.39 Å². The van der Waals surface area contributed by atoms with Crippen LogP contribution in [0.3, 0.4) is 0 Å². The number of rotatable bonds is 4. The summed E-state index contributed by atoms with van der Waals surface area (Å²) >= 11 is 2.27. The summed E-state index contributed by atoms with van der Waals surface area (Å²) in [6.45, 7) is 1.75. The van der Waals surface area contributed by atoms with E-state index in [-0.39, 0.29) is 11.9 Å². The molecule has 0 fully saturated rings. The van der Waals surface area contributed by atoms with Crippen molar-refractivity contribution < 1.29 is 4.39 Å². The Bertz CT molecular complexity index is 555. The van der Waals surface area contributed by atoms with Crippen molar-refractivity contribution in [2.24, 2.45) is 5.84 Å². The van der Waals surface area contributed by atoms with Crippen molar-refractivity contribution in [1.29, 1.82) is 0 Å². The molecule has 2 nitrogen and oxygen atoms in total. The summed E-state index contributed by atoms with van der Waals surface area (Å²) in [7, 11) is 0. The van der Waals surface area contributed by atoms with Gasteiger partial charge in [0.15, 0.2) is 0 Å². The molecule has 2 aromatic rings. The number of hydrazine groups is 1. The highest BCUT2D eigenvalue weighted by atomic mass is 127. The van der Waals surface area contributed by atoms with E-state index in [1.165, 1.54) is 9.13 Å². The number of hydrogen-bond acceptors (Lipinski definition) is 2. The first-order chi connectivity index (χ1) is 9.10. The fraction of sp³-hybridized carbons (Fsp3) is 0.200. The molecule has 1 atom stereocenters. The van der Waals surface area contributed by atoms with Crippen molar-refractivity contribution in [2.75, 3.05) is 0 Å². The minimum Gasteiger partial charge on any atom is -0.271 e. The lowest BCUT2D eigenvalue weighted by Crippen LogP contribution is -2.29. The zero-order valence-electron chi connectivity index (χ0n) is 10.7. The van der Waals surface area contributed by atoms with Gasteiger partial charge in [-0.3, -0.25) is 11.3 Å². The minimum atomic E-state index is -0.194. The van der Waals surface area contributed by atoms with E-state index in [0.717, 1.165) is 12.0 Å². The van der Waals surface area contributed by atoms with E-state index in [9.17, 15) is 4.39 Å². The molecule has 0 heterocycles. The normalized spacial score (nSPS) is 12.4. The molecular formula is C15H16FIN2. The van der Waals surface area contributed by atoms with Gasteiger partial charge in [-0.2, -0.15) is 0 Å². The maximum Gasteiger partial charge on any atom is 0.126 e. The molecular weight excluding hydrogens is 354 g/mol. The zero-order chi connectivity index (χ0) is 13.8. The molecule has 0 bridgehead atoms. The largest absolute Gasteiger partial charge is 0.271 e. The van der Waals surface area contributed by atoms with Gasteiger partial charge in [0.25, 0.3) is 0 Å². The summed E-state index contributed by atoms with van der Waals surface area (Å²) in [5, 5.41) is 0. The van der Waals surface area contributed by atoms with Crippen LogP contribution in [0.15, 0.2) is 42.5 Å². The Kier molecular flexibility index (Phi) is 4.90. The van der Waals surface area contributed by atoms with Gasteiger partial charge in [-0.25, -0.2) is 4.39 Å². The van der Waals surface area contributed by atoms with Crippen molar-refractivity contribution in [3.05, 3.63) is 68.5 Å². The van der Waals surface area contributed by atoms with Crippen molar-refractivity contribution in [2.45, 2.75) is 19.4 Å². The molecule has 19 heavy (non-hydrogen) atoms. The highest BCUT2D eigenvalue weighted by Crippen LogP contribution is 2.20. The van der Waals surface area contributed by atoms with E-state index in [1.54, 1.807) is 19.1 Å². The predicted molar refractivity (Wildman–Crippen MR) is 84.1 cm³/mol. The molecule has 0 saturated heterocycles. The molecule has 2 aromatic carbocycles. The molecule has 0 spiro atoms. The van der Waals surface area contributed by atoms with E-state index in [2.05, 4.69) is 52.3 Å². The third-order valence-corrected chi connectivity index (χ3v) is 3.87. The van der Waals surface area contributed by atoms with Crippen LogP contribution in [0.5, 0.6) is 0 Å². The van der Waals surface area contributed by atoms with Gasteiger partial charge in [-0.05, 0) is 70.8 Å². The maximum atomic E-state index is 13.6. The van der Waals surface area contributed by atoms with Crippen molar-refractivity contribution in [1.82, 2.24) is 5.43 Å². The number of hydrogen-bond donors (Lipinski definition) is 2. The molecule has 3 N–H and O–H groups in total. The summed E-state index contributed by atoms with van der Waals surface area (Å²) in [6.07, 6.45) is 0.732. The lowest BCUT2D eigenvalue weighted by Gasteiger charge is -2.17. The van der Waals surface area contributed by atoms with Crippen LogP contribution >= 0.6 is 22.6 Å². The molecule has 0 amide bonds. The van der Waals surface area contributed by atoms with Gasteiger partial charge in [-0.1, -0.05) is 24.3 Å². The first-order valence-corrected chi connectivity index (χ1v) is 7.14. The van der Waals surface area contributed by atoms with E-state index in [1.807, 2.05) is 6.07 Å². The lowest BCUT2D eigenvalue weighted by molar-refractivity contribution is 0.543. The van der Waals surface area contributed by atoms with Gasteiger partial charge >= 0.3 is 0 Å². The zero-order valence-corrected chi connectivity index (χ0v) is 12.8. The number of nitrogens with two attached hydrogens (primary N) is 1. The average molecular weight is 370 g/mol. The smallest absolute Gasteiger partial charge is 0.126 e. The van der Waals surface area contributed by atoms with Crippen LogP contribution in [0.25, 0.3) is 0 Å². The predicted octanol–water partition coefficient (Wildman–Crippen LogP) is 3.49. The molecule has 0 radical (unpaired) electrons. The summed E-state index contributed by atoms with van der Waals surface area (Å²) in [5.74, 6) is 5.40. The fourth-order valence-corrected chi connectivity index (χ4v) is 2.31. The van der Waals surface area contributed by atoms with Crippen LogP contribution in [-0.2, 0) is 6.42 Å². The van der Waals surface area contributed by atoms with E-state index in [0.29, 0.717) is 5.56 Å². The first-order valence-electron chi connectivity index (χ1n) is 6.07. The quantitative estimate of drug-likeness (QED) is 0.491. The highest BCUT2D eigenvalue weighted by Gasteiger charge is 2.12. The topological polar surface area (TPSA) is 38.0 Å². The monoisotopic (exact) mass is 370 g/mol. The Morgan fingerprint density at radius 1 is 1.21 bits per heavy atom. The maximum absolute atomic E-state index is 13.6. The van der Waals surface area contributed by atoms with Gasteiger partial charge in [0.2, 0.25) is 0 Å². The molecule has 0 aromatic heterocycles. The van der Waals surface area contributed by atoms with Gasteiger partial charge in [0.05, 0.1) is 6.04 Å². The number of halogens is 2. The molecule has 0 aliphatic heterocycles. The number of aryl methyl sites for hydroxylation is 1. The van der Waals surface area contributed by atoms with Gasteiger partial charge in [-0.15, -0.1) is 0 Å². The molecule has 0 aliphatic rings. The standard InChI is InChI=1S/C15H16FIN2/c1-10-2-5-12(9-14(10)16)15(19-18)8-11-3-6-13(17)7-4-11/h2-7,9,15,19H,8,18H2,1H3. The van der Waals surface area contributed by atoms with Crippen LogP contribution in [0.1, 0.15) is 22.7 Å². The molecule has 100 valence electrons. The summed E-state index contributed by atoms with van der Waals surface area (Å²) < 4.78 is 14.8. The second-order valence-corrected chi connectivity index (χ2v) is 5.80. The number of benzene rings is 2. The SMILES string of the molecule is Cc1ccc(C(Cc2ccc(I)cc2)NN)cc1F. The van der Waals surface area contributed by atoms with Crippen LogP contribution in [0, 0.1) is 16.3 Å². The molecule has 0 aliphatic carbocycles. The first kappa shape index (κ1) is 14.4. The molecule has 4 heteroatoms. The summed E-state index contributed by atoms with van der Waals surface area (Å²) in [5.41, 5.74) is 5.44. The van der Waals surface area contributed by atoms with Crippen molar-refractivity contribution in [3.8, 4) is 0 Å². The minimum absolute atomic E-state index is 0.0878. The Balaban J connectivity index is 2.19. The van der Waals surface area contributed by atoms with E-state index < -0.39 is 0 Å². The summed E-state index contributed by atoms with van der Waals surface area (Å²) in [6, 6.07) is 13.4. The third-order valence-electron chi connectivity index (χ3n) is 3.15. The van der Waals surface area contributed by atoms with Crippen LogP contribution < -0.4 is 11.3 Å². The Morgan fingerprint density at radius 3 is 2.47 bits per heavy atom. The second-order valence-electron chi connectivity index (χ2n) is 4.56. The molecule has 0 saturated carbocycles. The molecule has 2 rings (SSSR count). The highest BCUT2D eigenvalue weighted by molar-refractivity contribution is 14.1. The Morgan fingerprint density at radius 2 is 1.89 bits per heavy atom. The summed E-state index contributed by atoms with van der Waals surface area (Å²) in [4.78, 5) is 0. The lowest BCUT2D eigenvalue weighted by atomic mass is 9.98. The van der Waals surface area contributed by atoms with Crippen LogP contribution in [-0.4, -0.2) is 0 Å². The number of nitrogens with one attached hydrogen (secondary N) is 1. The Hall–Kier alpha value is -0.980. The van der Waals surface area contributed by atoms with E-state index >= 15 is 0 Å². The molecule has 1 unspecified atom stereocenters. The van der Waals surface area contributed by atoms with Crippen LogP contribution in [0.2, 0.25) is 0 Å². The van der Waals surface area contributed by atoms with Gasteiger partial charge < -0.3 is 0 Å².